The summed E-state index contributed by atoms with van der Waals surface area (Å²) in [6.45, 7) is -1.05. The molecule has 16 heavy (non-hydrogen) atoms. The monoisotopic (exact) mass is 231 g/mol. The predicted molar refractivity (Wildman–Crippen MR) is 54.1 cm³/mol. The average molecular weight is 231 g/mol. The first-order valence-corrected chi connectivity index (χ1v) is 4.50. The highest BCUT2D eigenvalue weighted by Gasteiger charge is 2.07. The average Bonchev–Trinajstić information content (AvgIpc) is 2.20. The van der Waals surface area contributed by atoms with Crippen LogP contribution in [0.4, 0.5) is 14.5 Å². The number of alkyl halides is 2. The fourth-order valence-corrected chi connectivity index (χ4v) is 1.08. The molecule has 0 bridgehead atoms. The zero-order valence-electron chi connectivity index (χ0n) is 8.32. The molecular weight excluding hydrogens is 220 g/mol. The maximum absolute atomic E-state index is 11.8. The molecule has 7 heteroatoms. The van der Waals surface area contributed by atoms with Crippen LogP contribution in [0.1, 0.15) is 0 Å². The van der Waals surface area contributed by atoms with Gasteiger partial charge in [-0.3, -0.25) is 9.59 Å². The summed E-state index contributed by atoms with van der Waals surface area (Å²) < 4.78 is 24.6. The number of amides is 1. The molecule has 0 aliphatic carbocycles. The van der Waals surface area contributed by atoms with E-state index in [9.17, 15) is 18.4 Å². The Labute approximate surface area is 89.9 Å². The Morgan fingerprint density at radius 2 is 2.19 bits per heavy atom. The van der Waals surface area contributed by atoms with Crippen molar-refractivity contribution in [1.29, 1.82) is 0 Å². The van der Waals surface area contributed by atoms with Crippen molar-refractivity contribution in [3.8, 4) is 0 Å². The maximum atomic E-state index is 11.8. The standard InChI is InChI=1S/C9H11F2N3O2/c10-7(11)3-13-8(15)5-14-4-6(12)1-2-9(14)16/h1-2,4,7H,3,5,12H2,(H,13,15). The first-order chi connectivity index (χ1) is 7.49. The van der Waals surface area contributed by atoms with E-state index in [1.807, 2.05) is 5.32 Å². The van der Waals surface area contributed by atoms with Gasteiger partial charge in [-0.15, -0.1) is 0 Å². The molecule has 88 valence electrons. The Kier molecular flexibility index (Phi) is 3.98. The number of hydrogen-bond acceptors (Lipinski definition) is 3. The predicted octanol–water partition coefficient (Wildman–Crippen LogP) is -0.188. The van der Waals surface area contributed by atoms with Gasteiger partial charge in [0.05, 0.1) is 6.54 Å². The Bertz CT molecular complexity index is 431. The van der Waals surface area contributed by atoms with Crippen LogP contribution in [0.3, 0.4) is 0 Å². The molecular formula is C9H11F2N3O2. The highest BCUT2D eigenvalue weighted by molar-refractivity contribution is 5.75. The van der Waals surface area contributed by atoms with Crippen LogP contribution in [0.15, 0.2) is 23.1 Å². The second kappa shape index (κ2) is 5.24. The van der Waals surface area contributed by atoms with Gasteiger partial charge in [0.15, 0.2) is 0 Å². The van der Waals surface area contributed by atoms with Crippen LogP contribution >= 0.6 is 0 Å². The van der Waals surface area contributed by atoms with Crippen molar-refractivity contribution in [3.05, 3.63) is 28.7 Å². The first kappa shape index (κ1) is 12.2. The summed E-state index contributed by atoms with van der Waals surface area (Å²) in [5, 5.41) is 1.99. The Balaban J connectivity index is 2.62. The number of nitrogen functional groups attached to an aromatic ring is 1. The van der Waals surface area contributed by atoms with Crippen molar-refractivity contribution in [2.75, 3.05) is 12.3 Å². The number of nitrogens with zero attached hydrogens (tertiary/aromatic N) is 1. The Morgan fingerprint density at radius 3 is 2.81 bits per heavy atom. The molecule has 1 rings (SSSR count). The number of nitrogens with two attached hydrogens (primary N) is 1. The van der Waals surface area contributed by atoms with Crippen LogP contribution in [0.5, 0.6) is 0 Å². The fourth-order valence-electron chi connectivity index (χ4n) is 1.08. The second-order valence-electron chi connectivity index (χ2n) is 3.12. The third-order valence-corrected chi connectivity index (χ3v) is 1.77. The molecule has 3 N–H and O–H groups in total. The smallest absolute Gasteiger partial charge is 0.255 e. The van der Waals surface area contributed by atoms with Crippen LogP contribution < -0.4 is 16.6 Å². The number of halogens is 2. The van der Waals surface area contributed by atoms with Crippen LogP contribution in [-0.2, 0) is 11.3 Å². The highest BCUT2D eigenvalue weighted by Crippen LogP contribution is 1.95. The lowest BCUT2D eigenvalue weighted by Crippen LogP contribution is -2.34. The number of carbonyl (C=O) groups excluding carboxylic acids is 1. The molecule has 5 nitrogen and oxygen atoms in total. The van der Waals surface area contributed by atoms with Crippen molar-refractivity contribution in [2.24, 2.45) is 0 Å². The number of carbonyl (C=O) groups is 1. The molecule has 0 saturated heterocycles. The Hall–Kier alpha value is -1.92. The quantitative estimate of drug-likeness (QED) is 0.754. The number of pyridine rings is 1. The van der Waals surface area contributed by atoms with Gasteiger partial charge >= 0.3 is 0 Å². The molecule has 0 atom stereocenters. The van der Waals surface area contributed by atoms with Crippen LogP contribution in [0, 0.1) is 0 Å². The number of anilines is 1. The van der Waals surface area contributed by atoms with Crippen LogP contribution in [0.2, 0.25) is 0 Å². The number of rotatable bonds is 4. The first-order valence-electron chi connectivity index (χ1n) is 4.50. The fraction of sp³-hybridized carbons (Fsp3) is 0.333. The summed E-state index contributed by atoms with van der Waals surface area (Å²) in [7, 11) is 0. The highest BCUT2D eigenvalue weighted by atomic mass is 19.3. The van der Waals surface area contributed by atoms with Gasteiger partial charge in [0, 0.05) is 18.0 Å². The molecule has 0 fully saturated rings. The van der Waals surface area contributed by atoms with E-state index in [1.165, 1.54) is 18.3 Å². The third kappa shape index (κ3) is 3.68. The molecule has 1 aromatic rings. The second-order valence-corrected chi connectivity index (χ2v) is 3.12. The lowest BCUT2D eigenvalue weighted by molar-refractivity contribution is -0.122. The van der Waals surface area contributed by atoms with Gasteiger partial charge < -0.3 is 15.6 Å². The molecule has 1 amide bonds. The van der Waals surface area contributed by atoms with E-state index in [0.717, 1.165) is 4.57 Å². The molecule has 0 aromatic carbocycles. The van der Waals surface area contributed by atoms with Crippen molar-refractivity contribution in [1.82, 2.24) is 9.88 Å². The van der Waals surface area contributed by atoms with E-state index in [1.54, 1.807) is 0 Å². The summed E-state index contributed by atoms with van der Waals surface area (Å²) >= 11 is 0. The number of aromatic nitrogens is 1. The van der Waals surface area contributed by atoms with Gasteiger partial charge in [-0.25, -0.2) is 8.78 Å². The minimum Gasteiger partial charge on any atom is -0.398 e. The summed E-state index contributed by atoms with van der Waals surface area (Å²) in [5.41, 5.74) is 5.32. The molecule has 0 aliphatic heterocycles. The van der Waals surface area contributed by atoms with Gasteiger partial charge in [-0.2, -0.15) is 0 Å². The number of nitrogens with one attached hydrogen (secondary N) is 1. The zero-order chi connectivity index (χ0) is 12.1. The third-order valence-electron chi connectivity index (χ3n) is 1.77. The van der Waals surface area contributed by atoms with Gasteiger partial charge in [-0.05, 0) is 6.07 Å². The van der Waals surface area contributed by atoms with Gasteiger partial charge in [0.25, 0.3) is 12.0 Å². The molecule has 1 aromatic heterocycles. The van der Waals surface area contributed by atoms with E-state index in [2.05, 4.69) is 0 Å². The maximum Gasteiger partial charge on any atom is 0.255 e. The summed E-state index contributed by atoms with van der Waals surface area (Å²) in [6, 6.07) is 2.60. The Morgan fingerprint density at radius 1 is 1.50 bits per heavy atom. The van der Waals surface area contributed by atoms with E-state index in [-0.39, 0.29) is 6.54 Å². The van der Waals surface area contributed by atoms with Crippen molar-refractivity contribution in [3.63, 3.8) is 0 Å². The lowest BCUT2D eigenvalue weighted by Gasteiger charge is -2.07. The largest absolute Gasteiger partial charge is 0.398 e. The lowest BCUT2D eigenvalue weighted by atomic mass is 10.4. The van der Waals surface area contributed by atoms with Gasteiger partial charge in [-0.1, -0.05) is 0 Å². The van der Waals surface area contributed by atoms with Crippen LogP contribution in [-0.4, -0.2) is 23.4 Å². The van der Waals surface area contributed by atoms with E-state index >= 15 is 0 Å². The van der Waals surface area contributed by atoms with Crippen molar-refractivity contribution < 1.29 is 13.6 Å². The zero-order valence-corrected chi connectivity index (χ0v) is 8.32. The van der Waals surface area contributed by atoms with E-state index in [4.69, 9.17) is 5.73 Å². The molecule has 0 spiro atoms. The van der Waals surface area contributed by atoms with Crippen molar-refractivity contribution in [2.45, 2.75) is 13.0 Å². The molecule has 1 heterocycles. The normalized spacial score (nSPS) is 10.4. The topological polar surface area (TPSA) is 77.1 Å². The summed E-state index contributed by atoms with van der Waals surface area (Å²) in [6.07, 6.45) is -1.33. The van der Waals surface area contributed by atoms with Crippen molar-refractivity contribution >= 4 is 11.6 Å². The molecule has 0 radical (unpaired) electrons. The van der Waals surface area contributed by atoms with Crippen LogP contribution in [0.25, 0.3) is 0 Å². The number of hydrogen-bond donors (Lipinski definition) is 2. The molecule has 0 aliphatic rings. The van der Waals surface area contributed by atoms with Gasteiger partial charge in [0.1, 0.15) is 6.54 Å². The summed E-state index contributed by atoms with van der Waals surface area (Å²) in [5.74, 6) is -0.659. The SMILES string of the molecule is Nc1ccc(=O)n(CC(=O)NCC(F)F)c1. The van der Waals surface area contributed by atoms with Gasteiger partial charge in [0.2, 0.25) is 5.91 Å². The molecule has 0 unspecified atom stereocenters. The van der Waals surface area contributed by atoms with E-state index < -0.39 is 24.4 Å². The molecule has 0 saturated carbocycles. The minimum atomic E-state index is -2.61. The summed E-state index contributed by atoms with van der Waals surface area (Å²) in [4.78, 5) is 22.4. The minimum absolute atomic E-state index is 0.321. The van der Waals surface area contributed by atoms with E-state index in [0.29, 0.717) is 5.69 Å².